The fraction of sp³-hybridized carbons (Fsp3) is 0.167. The minimum Gasteiger partial charge on any atom is -0.322 e. The van der Waals surface area contributed by atoms with Crippen LogP contribution in [0.1, 0.15) is 17.3 Å². The van der Waals surface area contributed by atoms with Crippen molar-refractivity contribution in [2.75, 3.05) is 0 Å². The van der Waals surface area contributed by atoms with E-state index in [0.29, 0.717) is 0 Å². The summed E-state index contributed by atoms with van der Waals surface area (Å²) in [7, 11) is 0. The molecule has 2 rings (SSSR count). The second kappa shape index (κ2) is 5.36. The summed E-state index contributed by atoms with van der Waals surface area (Å²) in [5.41, 5.74) is 8.13. The Bertz CT molecular complexity index is 442. The van der Waals surface area contributed by atoms with Crippen molar-refractivity contribution in [1.82, 2.24) is 10.2 Å². The Morgan fingerprint density at radius 3 is 2.44 bits per heavy atom. The van der Waals surface area contributed by atoms with Gasteiger partial charge < -0.3 is 5.73 Å². The summed E-state index contributed by atoms with van der Waals surface area (Å²) in [6.45, 7) is 0. The number of benzene rings is 1. The van der Waals surface area contributed by atoms with Crippen LogP contribution in [0.15, 0.2) is 42.5 Å². The first-order chi connectivity index (χ1) is 7.75. The van der Waals surface area contributed by atoms with E-state index < -0.39 is 0 Å². The van der Waals surface area contributed by atoms with Crippen LogP contribution in [0.5, 0.6) is 0 Å². The van der Waals surface area contributed by atoms with E-state index in [1.54, 1.807) is 0 Å². The van der Waals surface area contributed by atoms with Crippen molar-refractivity contribution in [2.45, 2.75) is 12.5 Å². The molecule has 1 unspecified atom stereocenters. The van der Waals surface area contributed by atoms with Gasteiger partial charge in [0.2, 0.25) is 0 Å². The molecule has 1 aromatic carbocycles. The number of nitrogens with two attached hydrogens (primary N) is 1. The Balaban J connectivity index is 2.09. The lowest BCUT2D eigenvalue weighted by Gasteiger charge is -2.10. The SMILES string of the molecule is NC(Cc1ccccc1)c1ccc(I)nn1. The minimum atomic E-state index is -0.0908. The number of hydrogen-bond donors (Lipinski definition) is 1. The molecule has 4 heteroatoms. The smallest absolute Gasteiger partial charge is 0.124 e. The highest BCUT2D eigenvalue weighted by molar-refractivity contribution is 14.1. The second-order valence-electron chi connectivity index (χ2n) is 3.58. The molecule has 0 bridgehead atoms. The highest BCUT2D eigenvalue weighted by atomic mass is 127. The van der Waals surface area contributed by atoms with Gasteiger partial charge in [0.1, 0.15) is 3.70 Å². The summed E-state index contributed by atoms with van der Waals surface area (Å²) >= 11 is 2.13. The van der Waals surface area contributed by atoms with Gasteiger partial charge in [0, 0.05) is 0 Å². The monoisotopic (exact) mass is 325 g/mol. The van der Waals surface area contributed by atoms with E-state index in [9.17, 15) is 0 Å². The average molecular weight is 325 g/mol. The molecule has 0 aliphatic heterocycles. The van der Waals surface area contributed by atoms with Gasteiger partial charge in [-0.1, -0.05) is 30.3 Å². The van der Waals surface area contributed by atoms with Crippen LogP contribution in [0.3, 0.4) is 0 Å². The zero-order chi connectivity index (χ0) is 11.4. The second-order valence-corrected chi connectivity index (χ2v) is 4.68. The molecule has 0 fully saturated rings. The molecule has 1 aromatic heterocycles. The molecule has 0 amide bonds. The molecule has 82 valence electrons. The Morgan fingerprint density at radius 2 is 1.81 bits per heavy atom. The third-order valence-electron chi connectivity index (χ3n) is 2.33. The van der Waals surface area contributed by atoms with Gasteiger partial charge in [-0.3, -0.25) is 0 Å². The largest absolute Gasteiger partial charge is 0.322 e. The Kier molecular flexibility index (Phi) is 3.84. The number of rotatable bonds is 3. The molecule has 1 heterocycles. The summed E-state index contributed by atoms with van der Waals surface area (Å²) in [5, 5.41) is 8.09. The normalized spacial score (nSPS) is 12.4. The zero-order valence-electron chi connectivity index (χ0n) is 8.68. The third-order valence-corrected chi connectivity index (χ3v) is 2.91. The average Bonchev–Trinajstić information content (AvgIpc) is 2.31. The molecule has 2 aromatic rings. The van der Waals surface area contributed by atoms with Crippen molar-refractivity contribution in [3.8, 4) is 0 Å². The molecule has 0 aliphatic rings. The van der Waals surface area contributed by atoms with Crippen molar-refractivity contribution in [1.29, 1.82) is 0 Å². The molecular weight excluding hydrogens is 313 g/mol. The van der Waals surface area contributed by atoms with E-state index in [1.807, 2.05) is 30.3 Å². The molecule has 0 saturated carbocycles. The zero-order valence-corrected chi connectivity index (χ0v) is 10.8. The van der Waals surface area contributed by atoms with Crippen LogP contribution < -0.4 is 5.73 Å². The third kappa shape index (κ3) is 2.99. The minimum absolute atomic E-state index is 0.0908. The first-order valence-corrected chi connectivity index (χ1v) is 6.12. The maximum Gasteiger partial charge on any atom is 0.124 e. The van der Waals surface area contributed by atoms with Crippen LogP contribution >= 0.6 is 22.6 Å². The first-order valence-electron chi connectivity index (χ1n) is 5.04. The molecule has 16 heavy (non-hydrogen) atoms. The Hall–Kier alpha value is -1.01. The van der Waals surface area contributed by atoms with Crippen molar-refractivity contribution in [3.05, 3.63) is 57.4 Å². The lowest BCUT2D eigenvalue weighted by Crippen LogP contribution is -2.15. The molecule has 3 nitrogen and oxygen atoms in total. The van der Waals surface area contributed by atoms with Gasteiger partial charge in [-0.2, -0.15) is 5.10 Å². The Morgan fingerprint density at radius 1 is 1.06 bits per heavy atom. The molecule has 0 saturated heterocycles. The molecule has 2 N–H and O–H groups in total. The molecule has 0 aliphatic carbocycles. The predicted molar refractivity (Wildman–Crippen MR) is 71.8 cm³/mol. The standard InChI is InChI=1S/C12H12IN3/c13-12-7-6-11(15-16-12)10(14)8-9-4-2-1-3-5-9/h1-7,10H,8,14H2. The Labute approximate surface area is 108 Å². The van der Waals surface area contributed by atoms with Crippen molar-refractivity contribution in [2.24, 2.45) is 5.73 Å². The number of halogens is 1. The highest BCUT2D eigenvalue weighted by Crippen LogP contribution is 2.13. The van der Waals surface area contributed by atoms with Gasteiger partial charge in [-0.15, -0.1) is 5.10 Å². The van der Waals surface area contributed by atoms with Crippen LogP contribution in [0.25, 0.3) is 0 Å². The summed E-state index contributed by atoms with van der Waals surface area (Å²) in [4.78, 5) is 0. The van der Waals surface area contributed by atoms with Gasteiger partial charge >= 0.3 is 0 Å². The fourth-order valence-corrected chi connectivity index (χ4v) is 1.78. The summed E-state index contributed by atoms with van der Waals surface area (Å²) in [5.74, 6) is 0. The van der Waals surface area contributed by atoms with Gasteiger partial charge in [0.25, 0.3) is 0 Å². The van der Waals surface area contributed by atoms with E-state index >= 15 is 0 Å². The van der Waals surface area contributed by atoms with Crippen LogP contribution in [0.4, 0.5) is 0 Å². The topological polar surface area (TPSA) is 51.8 Å². The van der Waals surface area contributed by atoms with E-state index in [-0.39, 0.29) is 6.04 Å². The van der Waals surface area contributed by atoms with E-state index in [4.69, 9.17) is 5.73 Å². The van der Waals surface area contributed by atoms with E-state index in [0.717, 1.165) is 15.8 Å². The van der Waals surface area contributed by atoms with Gasteiger partial charge in [0.05, 0.1) is 11.7 Å². The predicted octanol–water partition coefficient (Wildman–Crippen LogP) is 2.32. The highest BCUT2D eigenvalue weighted by Gasteiger charge is 2.08. The lowest BCUT2D eigenvalue weighted by molar-refractivity contribution is 0.677. The van der Waals surface area contributed by atoms with Gasteiger partial charge in [0.15, 0.2) is 0 Å². The maximum absolute atomic E-state index is 6.07. The van der Waals surface area contributed by atoms with Crippen LogP contribution in [-0.2, 0) is 6.42 Å². The summed E-state index contributed by atoms with van der Waals surface area (Å²) in [6.07, 6.45) is 0.788. The summed E-state index contributed by atoms with van der Waals surface area (Å²) < 4.78 is 0.883. The van der Waals surface area contributed by atoms with Crippen molar-refractivity contribution < 1.29 is 0 Å². The molecule has 1 atom stereocenters. The van der Waals surface area contributed by atoms with Gasteiger partial charge in [-0.05, 0) is 46.7 Å². The van der Waals surface area contributed by atoms with E-state index in [2.05, 4.69) is 44.9 Å². The van der Waals surface area contributed by atoms with Crippen LogP contribution in [0.2, 0.25) is 0 Å². The molecular formula is C12H12IN3. The number of aromatic nitrogens is 2. The fourth-order valence-electron chi connectivity index (χ4n) is 1.50. The van der Waals surface area contributed by atoms with Gasteiger partial charge in [-0.25, -0.2) is 0 Å². The van der Waals surface area contributed by atoms with Crippen LogP contribution in [-0.4, -0.2) is 10.2 Å². The van der Waals surface area contributed by atoms with E-state index in [1.165, 1.54) is 5.56 Å². The van der Waals surface area contributed by atoms with Crippen molar-refractivity contribution >= 4 is 22.6 Å². The lowest BCUT2D eigenvalue weighted by atomic mass is 10.0. The quantitative estimate of drug-likeness (QED) is 0.881. The first kappa shape index (κ1) is 11.5. The molecule has 0 spiro atoms. The molecule has 0 radical (unpaired) electrons. The maximum atomic E-state index is 6.07. The number of nitrogens with zero attached hydrogens (tertiary/aromatic N) is 2. The number of hydrogen-bond acceptors (Lipinski definition) is 3. The summed E-state index contributed by atoms with van der Waals surface area (Å²) in [6, 6.07) is 13.9. The van der Waals surface area contributed by atoms with Crippen molar-refractivity contribution in [3.63, 3.8) is 0 Å². The van der Waals surface area contributed by atoms with Crippen LogP contribution in [0, 0.1) is 3.70 Å².